The van der Waals surface area contributed by atoms with Crippen LogP contribution in [0.3, 0.4) is 0 Å². The highest BCUT2D eigenvalue weighted by Crippen LogP contribution is 2.27. The Balaban J connectivity index is 1.95. The molecule has 1 heterocycles. The van der Waals surface area contributed by atoms with Crippen LogP contribution in [0.25, 0.3) is 10.9 Å². The van der Waals surface area contributed by atoms with Crippen LogP contribution in [0.1, 0.15) is 56.7 Å². The second-order valence-electron chi connectivity index (χ2n) is 6.61. The van der Waals surface area contributed by atoms with Crippen molar-refractivity contribution in [3.05, 3.63) is 35.5 Å². The monoisotopic (exact) mass is 298 g/mol. The average molecular weight is 298 g/mol. The fraction of sp³-hybridized carbons (Fsp3) is 0.526. The molecule has 2 aromatic rings. The van der Waals surface area contributed by atoms with Gasteiger partial charge in [0.25, 0.3) is 0 Å². The van der Waals surface area contributed by atoms with Crippen molar-refractivity contribution in [1.29, 1.82) is 0 Å². The maximum Gasteiger partial charge on any atom is 0.119 e. The fourth-order valence-electron chi connectivity index (χ4n) is 3.25. The van der Waals surface area contributed by atoms with Gasteiger partial charge in [0, 0.05) is 23.7 Å². The van der Waals surface area contributed by atoms with Crippen molar-refractivity contribution in [3.63, 3.8) is 0 Å². The lowest BCUT2D eigenvalue weighted by molar-refractivity contribution is 0.415. The van der Waals surface area contributed by atoms with E-state index >= 15 is 0 Å². The van der Waals surface area contributed by atoms with Gasteiger partial charge < -0.3 is 10.1 Å². The Morgan fingerprint density at radius 1 is 1.23 bits per heavy atom. The van der Waals surface area contributed by atoms with Crippen molar-refractivity contribution in [2.45, 2.75) is 58.0 Å². The molecule has 22 heavy (non-hydrogen) atoms. The fourth-order valence-corrected chi connectivity index (χ4v) is 3.25. The molecule has 3 nitrogen and oxygen atoms in total. The number of hydrogen-bond acceptors (Lipinski definition) is 3. The summed E-state index contributed by atoms with van der Waals surface area (Å²) in [5, 5.41) is 4.93. The highest BCUT2D eigenvalue weighted by atomic mass is 16.5. The first-order valence-corrected chi connectivity index (χ1v) is 8.38. The highest BCUT2D eigenvalue weighted by Gasteiger charge is 2.15. The molecule has 0 atom stereocenters. The summed E-state index contributed by atoms with van der Waals surface area (Å²) in [4.78, 5) is 4.81. The van der Waals surface area contributed by atoms with Gasteiger partial charge in [-0.15, -0.1) is 0 Å². The molecule has 3 heteroatoms. The van der Waals surface area contributed by atoms with E-state index in [-0.39, 0.29) is 0 Å². The lowest BCUT2D eigenvalue weighted by atomic mass is 10.0. The Morgan fingerprint density at radius 2 is 2.00 bits per heavy atom. The lowest BCUT2D eigenvalue weighted by Gasteiger charge is -2.16. The molecular formula is C19H26N2O. The van der Waals surface area contributed by atoms with Gasteiger partial charge >= 0.3 is 0 Å². The molecule has 0 unspecified atom stereocenters. The van der Waals surface area contributed by atoms with Gasteiger partial charge in [0.1, 0.15) is 5.75 Å². The summed E-state index contributed by atoms with van der Waals surface area (Å²) in [7, 11) is 1.72. The van der Waals surface area contributed by atoms with E-state index in [2.05, 4.69) is 37.4 Å². The van der Waals surface area contributed by atoms with E-state index in [1.807, 2.05) is 6.07 Å². The number of fused-ring (bicyclic) bond motifs is 1. The molecule has 118 valence electrons. The molecule has 0 amide bonds. The molecule has 1 aliphatic rings. The molecular weight excluding hydrogens is 272 g/mol. The van der Waals surface area contributed by atoms with E-state index in [4.69, 9.17) is 9.72 Å². The third-order valence-electron chi connectivity index (χ3n) is 4.65. The van der Waals surface area contributed by atoms with E-state index in [0.717, 1.165) is 17.8 Å². The minimum Gasteiger partial charge on any atom is -0.497 e. The van der Waals surface area contributed by atoms with Crippen molar-refractivity contribution in [1.82, 2.24) is 10.3 Å². The largest absolute Gasteiger partial charge is 0.497 e. The summed E-state index contributed by atoms with van der Waals surface area (Å²) in [6.07, 6.45) is 5.34. The molecule has 1 aliphatic carbocycles. The van der Waals surface area contributed by atoms with E-state index < -0.39 is 0 Å². The predicted octanol–water partition coefficient (Wildman–Crippen LogP) is 4.40. The zero-order valence-electron chi connectivity index (χ0n) is 13.9. The summed E-state index contributed by atoms with van der Waals surface area (Å²) >= 11 is 0. The van der Waals surface area contributed by atoms with Crippen LogP contribution in [-0.2, 0) is 6.54 Å². The summed E-state index contributed by atoms with van der Waals surface area (Å²) in [5.41, 5.74) is 3.57. The van der Waals surface area contributed by atoms with Gasteiger partial charge in [0.05, 0.1) is 12.6 Å². The topological polar surface area (TPSA) is 34.1 Å². The van der Waals surface area contributed by atoms with Gasteiger partial charge in [-0.2, -0.15) is 0 Å². The first-order chi connectivity index (χ1) is 10.7. The molecule has 1 N–H and O–H groups in total. The standard InChI is InChI=1S/C19H26N2O/c1-13(2)19-10-14(12-20-15-6-4-5-7-15)17-11-16(22-3)8-9-18(17)21-19/h8-11,13,15,20H,4-7,12H2,1-3H3. The summed E-state index contributed by atoms with van der Waals surface area (Å²) < 4.78 is 5.38. The Bertz CT molecular complexity index is 645. The summed E-state index contributed by atoms with van der Waals surface area (Å²) in [6.45, 7) is 5.31. The molecule has 0 aliphatic heterocycles. The summed E-state index contributed by atoms with van der Waals surface area (Å²) in [5.74, 6) is 1.34. The third-order valence-corrected chi connectivity index (χ3v) is 4.65. The van der Waals surface area contributed by atoms with Crippen LogP contribution < -0.4 is 10.1 Å². The molecule has 0 saturated heterocycles. The maximum atomic E-state index is 5.38. The van der Waals surface area contributed by atoms with Crippen LogP contribution >= 0.6 is 0 Å². The normalized spacial score (nSPS) is 15.8. The first-order valence-electron chi connectivity index (χ1n) is 8.38. The molecule has 1 fully saturated rings. The smallest absolute Gasteiger partial charge is 0.119 e. The number of ether oxygens (including phenoxy) is 1. The van der Waals surface area contributed by atoms with E-state index in [1.165, 1.54) is 42.3 Å². The number of nitrogens with one attached hydrogen (secondary N) is 1. The highest BCUT2D eigenvalue weighted by molar-refractivity contribution is 5.84. The van der Waals surface area contributed by atoms with E-state index in [0.29, 0.717) is 12.0 Å². The second-order valence-corrected chi connectivity index (χ2v) is 6.61. The number of aromatic nitrogens is 1. The van der Waals surface area contributed by atoms with Gasteiger partial charge in [-0.3, -0.25) is 4.98 Å². The zero-order chi connectivity index (χ0) is 15.5. The van der Waals surface area contributed by atoms with Gasteiger partial charge in [0.2, 0.25) is 0 Å². The van der Waals surface area contributed by atoms with Crippen molar-refractivity contribution in [2.24, 2.45) is 0 Å². The van der Waals surface area contributed by atoms with Gasteiger partial charge in [0.15, 0.2) is 0 Å². The Labute approximate surface area is 133 Å². The number of rotatable bonds is 5. The summed E-state index contributed by atoms with van der Waals surface area (Å²) in [6, 6.07) is 9.11. The average Bonchev–Trinajstić information content (AvgIpc) is 3.05. The van der Waals surface area contributed by atoms with Crippen molar-refractivity contribution in [2.75, 3.05) is 7.11 Å². The number of pyridine rings is 1. The van der Waals surface area contributed by atoms with E-state index in [1.54, 1.807) is 7.11 Å². The molecule has 0 spiro atoms. The van der Waals surface area contributed by atoms with Crippen molar-refractivity contribution >= 4 is 10.9 Å². The minimum atomic E-state index is 0.441. The third kappa shape index (κ3) is 3.25. The Morgan fingerprint density at radius 3 is 2.68 bits per heavy atom. The van der Waals surface area contributed by atoms with Crippen molar-refractivity contribution in [3.8, 4) is 5.75 Å². The second kappa shape index (κ2) is 6.66. The predicted molar refractivity (Wildman–Crippen MR) is 91.5 cm³/mol. The van der Waals surface area contributed by atoms with Crippen LogP contribution in [0.4, 0.5) is 0 Å². The number of benzene rings is 1. The van der Waals surface area contributed by atoms with Crippen LogP contribution in [0.2, 0.25) is 0 Å². The van der Waals surface area contributed by atoms with Gasteiger partial charge in [-0.25, -0.2) is 0 Å². The Hall–Kier alpha value is -1.61. The minimum absolute atomic E-state index is 0.441. The molecule has 0 bridgehead atoms. The zero-order valence-corrected chi connectivity index (χ0v) is 13.9. The van der Waals surface area contributed by atoms with Gasteiger partial charge in [-0.05, 0) is 48.6 Å². The quantitative estimate of drug-likeness (QED) is 0.888. The first kappa shape index (κ1) is 15.3. The molecule has 0 radical (unpaired) electrons. The maximum absolute atomic E-state index is 5.38. The van der Waals surface area contributed by atoms with Crippen LogP contribution in [0.15, 0.2) is 24.3 Å². The molecule has 3 rings (SSSR count). The molecule has 1 saturated carbocycles. The van der Waals surface area contributed by atoms with E-state index in [9.17, 15) is 0 Å². The Kier molecular flexibility index (Phi) is 4.63. The number of nitrogens with zero attached hydrogens (tertiary/aromatic N) is 1. The number of hydrogen-bond donors (Lipinski definition) is 1. The van der Waals surface area contributed by atoms with Gasteiger partial charge in [-0.1, -0.05) is 26.7 Å². The SMILES string of the molecule is COc1ccc2nc(C(C)C)cc(CNC3CCCC3)c2c1. The number of methoxy groups -OCH3 is 1. The van der Waals surface area contributed by atoms with Crippen molar-refractivity contribution < 1.29 is 4.74 Å². The molecule has 1 aromatic carbocycles. The lowest BCUT2D eigenvalue weighted by Crippen LogP contribution is -2.25. The van der Waals surface area contributed by atoms with Crippen LogP contribution in [-0.4, -0.2) is 18.1 Å². The van der Waals surface area contributed by atoms with Crippen LogP contribution in [0, 0.1) is 0 Å². The molecule has 1 aromatic heterocycles. The van der Waals surface area contributed by atoms with Crippen LogP contribution in [0.5, 0.6) is 5.75 Å².